The van der Waals surface area contributed by atoms with E-state index in [-0.39, 0.29) is 5.92 Å². The molecule has 0 aliphatic rings. The highest BCUT2D eigenvalue weighted by atomic mass is 32.1. The zero-order valence-corrected chi connectivity index (χ0v) is 9.67. The average molecular weight is 218 g/mol. The summed E-state index contributed by atoms with van der Waals surface area (Å²) in [4.78, 5) is 13.0. The number of hydrogen-bond acceptors (Lipinski definition) is 3. The van der Waals surface area contributed by atoms with Crippen LogP contribution in [0.5, 0.6) is 0 Å². The van der Waals surface area contributed by atoms with E-state index < -0.39 is 12.0 Å². The number of aliphatic carboxylic acids is 1. The van der Waals surface area contributed by atoms with E-state index in [0.717, 1.165) is 0 Å². The molecule has 0 aliphatic heterocycles. The second-order valence-corrected chi connectivity index (χ2v) is 3.98. The Morgan fingerprint density at radius 3 is 2.43 bits per heavy atom. The summed E-state index contributed by atoms with van der Waals surface area (Å²) in [6.07, 6.45) is 0.579. The van der Waals surface area contributed by atoms with Crippen molar-refractivity contribution in [2.75, 3.05) is 13.6 Å². The van der Waals surface area contributed by atoms with Crippen molar-refractivity contribution < 1.29 is 9.90 Å². The Morgan fingerprint density at radius 2 is 2.14 bits per heavy atom. The molecule has 0 heterocycles. The van der Waals surface area contributed by atoms with Gasteiger partial charge in [0.2, 0.25) is 0 Å². The van der Waals surface area contributed by atoms with Crippen LogP contribution in [-0.2, 0) is 4.79 Å². The van der Waals surface area contributed by atoms with E-state index in [2.05, 4.69) is 0 Å². The molecule has 0 amide bonds. The summed E-state index contributed by atoms with van der Waals surface area (Å²) in [6, 6.07) is -0.452. The minimum Gasteiger partial charge on any atom is -0.480 e. The molecule has 2 unspecified atom stereocenters. The SMILES string of the molecule is CCC(C(=O)O)N(C)CC(C)C(N)=S. The Bertz CT molecular complexity index is 221. The highest BCUT2D eigenvalue weighted by Gasteiger charge is 2.22. The zero-order chi connectivity index (χ0) is 11.3. The molecule has 14 heavy (non-hydrogen) atoms. The zero-order valence-electron chi connectivity index (χ0n) is 8.86. The van der Waals surface area contributed by atoms with Gasteiger partial charge in [0, 0.05) is 12.5 Å². The average Bonchev–Trinajstić information content (AvgIpc) is 2.04. The molecule has 0 spiro atoms. The van der Waals surface area contributed by atoms with Crippen molar-refractivity contribution in [2.24, 2.45) is 11.7 Å². The van der Waals surface area contributed by atoms with Crippen LogP contribution in [0.3, 0.4) is 0 Å². The van der Waals surface area contributed by atoms with Crippen molar-refractivity contribution in [2.45, 2.75) is 26.3 Å². The molecule has 0 fully saturated rings. The summed E-state index contributed by atoms with van der Waals surface area (Å²) in [5.74, 6) is -0.756. The predicted molar refractivity (Wildman–Crippen MR) is 60.3 cm³/mol. The number of carboxylic acids is 1. The van der Waals surface area contributed by atoms with Crippen molar-refractivity contribution in [1.82, 2.24) is 4.90 Å². The van der Waals surface area contributed by atoms with E-state index >= 15 is 0 Å². The quantitative estimate of drug-likeness (QED) is 0.643. The number of carbonyl (C=O) groups is 1. The van der Waals surface area contributed by atoms with Crippen LogP contribution in [0.2, 0.25) is 0 Å². The molecule has 5 heteroatoms. The Kier molecular flexibility index (Phi) is 5.64. The molecule has 3 N–H and O–H groups in total. The lowest BCUT2D eigenvalue weighted by atomic mass is 10.1. The number of likely N-dealkylation sites (N-methyl/N-ethyl adjacent to an activating group) is 1. The Labute approximate surface area is 90.1 Å². The lowest BCUT2D eigenvalue weighted by Crippen LogP contribution is -2.42. The minimum atomic E-state index is -0.801. The molecule has 0 radical (unpaired) electrons. The van der Waals surface area contributed by atoms with E-state index in [4.69, 9.17) is 23.1 Å². The van der Waals surface area contributed by atoms with E-state index in [1.807, 2.05) is 13.8 Å². The molecule has 0 saturated carbocycles. The fourth-order valence-corrected chi connectivity index (χ4v) is 1.40. The van der Waals surface area contributed by atoms with Crippen molar-refractivity contribution >= 4 is 23.2 Å². The van der Waals surface area contributed by atoms with Crippen LogP contribution in [-0.4, -0.2) is 40.6 Å². The summed E-state index contributed by atoms with van der Waals surface area (Å²) >= 11 is 4.83. The summed E-state index contributed by atoms with van der Waals surface area (Å²) in [6.45, 7) is 4.33. The molecule has 0 saturated heterocycles. The summed E-state index contributed by atoms with van der Waals surface area (Å²) in [5.41, 5.74) is 5.46. The highest BCUT2D eigenvalue weighted by molar-refractivity contribution is 7.80. The lowest BCUT2D eigenvalue weighted by molar-refractivity contribution is -0.142. The van der Waals surface area contributed by atoms with Crippen LogP contribution < -0.4 is 5.73 Å². The van der Waals surface area contributed by atoms with Crippen LogP contribution in [0, 0.1) is 5.92 Å². The molecule has 0 aromatic carbocycles. The maximum absolute atomic E-state index is 10.8. The lowest BCUT2D eigenvalue weighted by Gasteiger charge is -2.25. The first-order valence-corrected chi connectivity index (χ1v) is 5.03. The first-order valence-electron chi connectivity index (χ1n) is 4.62. The van der Waals surface area contributed by atoms with Crippen molar-refractivity contribution in [3.63, 3.8) is 0 Å². The fourth-order valence-electron chi connectivity index (χ4n) is 1.32. The highest BCUT2D eigenvalue weighted by Crippen LogP contribution is 2.06. The molecule has 0 bridgehead atoms. The Morgan fingerprint density at radius 1 is 1.64 bits per heavy atom. The Hall–Kier alpha value is -0.680. The van der Waals surface area contributed by atoms with Gasteiger partial charge in [0.15, 0.2) is 0 Å². The summed E-state index contributed by atoms with van der Waals surface area (Å²) in [5, 5.41) is 8.89. The molecular formula is C9H18N2O2S. The van der Waals surface area contributed by atoms with E-state index in [0.29, 0.717) is 18.0 Å². The van der Waals surface area contributed by atoms with Crippen molar-refractivity contribution in [3.05, 3.63) is 0 Å². The number of hydrogen-bond donors (Lipinski definition) is 2. The molecule has 0 aromatic rings. The van der Waals surface area contributed by atoms with Gasteiger partial charge < -0.3 is 10.8 Å². The first-order chi connectivity index (χ1) is 6.40. The third kappa shape index (κ3) is 4.02. The van der Waals surface area contributed by atoms with Gasteiger partial charge in [0.05, 0.1) is 4.99 Å². The second-order valence-electron chi connectivity index (χ2n) is 3.51. The third-order valence-electron chi connectivity index (χ3n) is 2.25. The van der Waals surface area contributed by atoms with E-state index in [9.17, 15) is 4.79 Å². The number of nitrogens with zero attached hydrogens (tertiary/aromatic N) is 1. The van der Waals surface area contributed by atoms with Gasteiger partial charge in [-0.3, -0.25) is 9.69 Å². The molecular weight excluding hydrogens is 200 g/mol. The van der Waals surface area contributed by atoms with E-state index in [1.54, 1.807) is 11.9 Å². The van der Waals surface area contributed by atoms with Crippen LogP contribution in [0.25, 0.3) is 0 Å². The van der Waals surface area contributed by atoms with Crippen LogP contribution in [0.4, 0.5) is 0 Å². The largest absolute Gasteiger partial charge is 0.480 e. The molecule has 2 atom stereocenters. The van der Waals surface area contributed by atoms with Gasteiger partial charge in [0.25, 0.3) is 0 Å². The van der Waals surface area contributed by atoms with Crippen molar-refractivity contribution in [1.29, 1.82) is 0 Å². The minimum absolute atomic E-state index is 0.0448. The first kappa shape index (κ1) is 13.3. The molecule has 0 aliphatic carbocycles. The normalized spacial score (nSPS) is 15.1. The second kappa shape index (κ2) is 5.93. The molecule has 82 valence electrons. The number of carboxylic acid groups (broad SMARTS) is 1. The molecule has 0 rings (SSSR count). The van der Waals surface area contributed by atoms with Gasteiger partial charge in [-0.05, 0) is 13.5 Å². The molecule has 0 aromatic heterocycles. The smallest absolute Gasteiger partial charge is 0.320 e. The number of thiocarbonyl (C=S) groups is 1. The third-order valence-corrected chi connectivity index (χ3v) is 2.65. The summed E-state index contributed by atoms with van der Waals surface area (Å²) < 4.78 is 0. The van der Waals surface area contributed by atoms with Gasteiger partial charge in [-0.15, -0.1) is 0 Å². The van der Waals surface area contributed by atoms with Crippen LogP contribution >= 0.6 is 12.2 Å². The standard InChI is InChI=1S/C9H18N2O2S/c1-4-7(9(12)13)11(3)5-6(2)8(10)14/h6-7H,4-5H2,1-3H3,(H2,10,14)(H,12,13). The maximum atomic E-state index is 10.8. The van der Waals surface area contributed by atoms with Crippen molar-refractivity contribution in [3.8, 4) is 0 Å². The van der Waals surface area contributed by atoms with E-state index in [1.165, 1.54) is 0 Å². The maximum Gasteiger partial charge on any atom is 0.320 e. The van der Waals surface area contributed by atoms with Crippen LogP contribution in [0.1, 0.15) is 20.3 Å². The number of nitrogens with two attached hydrogens (primary N) is 1. The van der Waals surface area contributed by atoms with Gasteiger partial charge in [0.1, 0.15) is 6.04 Å². The fraction of sp³-hybridized carbons (Fsp3) is 0.778. The van der Waals surface area contributed by atoms with Gasteiger partial charge in [-0.2, -0.15) is 0 Å². The number of rotatable bonds is 6. The topological polar surface area (TPSA) is 66.6 Å². The monoisotopic (exact) mass is 218 g/mol. The van der Waals surface area contributed by atoms with Gasteiger partial charge in [-0.1, -0.05) is 26.1 Å². The summed E-state index contributed by atoms with van der Waals surface area (Å²) in [7, 11) is 1.77. The van der Waals surface area contributed by atoms with Gasteiger partial charge >= 0.3 is 5.97 Å². The molecule has 4 nitrogen and oxygen atoms in total. The van der Waals surface area contributed by atoms with Gasteiger partial charge in [-0.25, -0.2) is 0 Å². The van der Waals surface area contributed by atoms with Crippen LogP contribution in [0.15, 0.2) is 0 Å². The predicted octanol–water partition coefficient (Wildman–Crippen LogP) is 0.704. The Balaban J connectivity index is 4.23.